The maximum absolute atomic E-state index is 5.42. The van der Waals surface area contributed by atoms with E-state index in [1.165, 1.54) is 64.7 Å². The van der Waals surface area contributed by atoms with E-state index in [1.54, 1.807) is 0 Å². The summed E-state index contributed by atoms with van der Waals surface area (Å²) in [6.07, 6.45) is 0. The Bertz CT molecular complexity index is 3380. The van der Waals surface area contributed by atoms with Crippen molar-refractivity contribution in [3.63, 3.8) is 0 Å². The Morgan fingerprint density at radius 3 is 1.65 bits per heavy atom. The zero-order chi connectivity index (χ0) is 39.6. The van der Waals surface area contributed by atoms with Gasteiger partial charge in [-0.05, 0) is 79.5 Å². The smallest absolute Gasteiger partial charge is 0.161 e. The normalized spacial score (nSPS) is 12.8. The minimum Gasteiger partial charge on any atom is -0.228 e. The third-order valence-electron chi connectivity index (χ3n) is 12.4. The molecule has 0 atom stereocenters. The summed E-state index contributed by atoms with van der Waals surface area (Å²) in [5, 5.41) is 4.81. The lowest BCUT2D eigenvalue weighted by atomic mass is 9.67. The van der Waals surface area contributed by atoms with Gasteiger partial charge in [0.2, 0.25) is 0 Å². The molecule has 1 aliphatic carbocycles. The van der Waals surface area contributed by atoms with Gasteiger partial charge in [-0.2, -0.15) is 0 Å². The van der Waals surface area contributed by atoms with Crippen LogP contribution in [0.5, 0.6) is 0 Å². The minimum atomic E-state index is -0.473. The number of hydrogen-bond donors (Lipinski definition) is 0. The summed E-state index contributed by atoms with van der Waals surface area (Å²) in [6.45, 7) is 0. The molecule has 1 aliphatic rings. The molecule has 2 aromatic heterocycles. The van der Waals surface area contributed by atoms with Gasteiger partial charge in [-0.15, -0.1) is 11.3 Å². The van der Waals surface area contributed by atoms with Crippen LogP contribution in [0.25, 0.3) is 87.1 Å². The standard InChI is InChI=1S/C57H36N2S/c1-4-17-37(18-5-1)52-36-53(49-28-16-27-47-46-26-13-15-30-54(46)60-55(47)49)59-56(58-52)48-34-33-41(42-23-10-11-24-43(42)48)38-31-32-45-44-25-12-14-29-50(44)57(51(45)35-38,39-19-6-2-7-20-39)40-21-8-3-9-22-40/h1-36H. The number of benzene rings is 9. The van der Waals surface area contributed by atoms with Crippen molar-refractivity contribution in [1.29, 1.82) is 0 Å². The molecule has 0 N–H and O–H groups in total. The molecule has 280 valence electrons. The molecule has 0 aliphatic heterocycles. The number of rotatable bonds is 6. The Labute approximate surface area is 352 Å². The molecule has 0 unspecified atom stereocenters. The molecule has 11 aromatic rings. The summed E-state index contributed by atoms with van der Waals surface area (Å²) >= 11 is 1.83. The van der Waals surface area contributed by atoms with Gasteiger partial charge < -0.3 is 0 Å². The van der Waals surface area contributed by atoms with Gasteiger partial charge in [-0.25, -0.2) is 9.97 Å². The zero-order valence-corrected chi connectivity index (χ0v) is 33.4. The van der Waals surface area contributed by atoms with Crippen LogP contribution in [0.15, 0.2) is 218 Å². The maximum atomic E-state index is 5.42. The fourth-order valence-electron chi connectivity index (χ4n) is 9.77. The molecular formula is C57H36N2S. The summed E-state index contributed by atoms with van der Waals surface area (Å²) in [5.41, 5.74) is 14.6. The Hall–Kier alpha value is -7.46. The molecule has 3 heteroatoms. The average Bonchev–Trinajstić information content (AvgIpc) is 3.86. The van der Waals surface area contributed by atoms with Crippen LogP contribution in [0.4, 0.5) is 0 Å². The largest absolute Gasteiger partial charge is 0.228 e. The van der Waals surface area contributed by atoms with E-state index in [0.29, 0.717) is 5.82 Å². The van der Waals surface area contributed by atoms with Crippen molar-refractivity contribution in [2.45, 2.75) is 5.41 Å². The van der Waals surface area contributed by atoms with Crippen LogP contribution in [0.1, 0.15) is 22.3 Å². The molecular weight excluding hydrogens is 745 g/mol. The van der Waals surface area contributed by atoms with Crippen molar-refractivity contribution in [1.82, 2.24) is 9.97 Å². The molecule has 0 saturated carbocycles. The molecule has 0 spiro atoms. The molecule has 0 amide bonds. The zero-order valence-electron chi connectivity index (χ0n) is 32.6. The van der Waals surface area contributed by atoms with Gasteiger partial charge in [0.15, 0.2) is 5.82 Å². The Morgan fingerprint density at radius 2 is 0.883 bits per heavy atom. The summed E-state index contributed by atoms with van der Waals surface area (Å²) in [5.74, 6) is 0.712. The Kier molecular flexibility index (Phi) is 7.97. The number of hydrogen-bond acceptors (Lipinski definition) is 3. The van der Waals surface area contributed by atoms with Crippen molar-refractivity contribution in [2.24, 2.45) is 0 Å². The van der Waals surface area contributed by atoms with Crippen molar-refractivity contribution < 1.29 is 0 Å². The van der Waals surface area contributed by atoms with Gasteiger partial charge >= 0.3 is 0 Å². The predicted octanol–water partition coefficient (Wildman–Crippen LogP) is 15.0. The van der Waals surface area contributed by atoms with Crippen molar-refractivity contribution in [3.8, 4) is 56.2 Å². The fraction of sp³-hybridized carbons (Fsp3) is 0.0175. The molecule has 12 rings (SSSR count). The first kappa shape index (κ1) is 34.6. The van der Waals surface area contributed by atoms with Gasteiger partial charge in [0.25, 0.3) is 0 Å². The van der Waals surface area contributed by atoms with Crippen LogP contribution in [-0.2, 0) is 5.41 Å². The van der Waals surface area contributed by atoms with Crippen molar-refractivity contribution >= 4 is 42.3 Å². The number of thiophene rings is 1. The second kappa shape index (κ2) is 13.8. The third kappa shape index (κ3) is 5.26. The summed E-state index contributed by atoms with van der Waals surface area (Å²) in [6, 6.07) is 79.2. The van der Waals surface area contributed by atoms with Crippen LogP contribution in [0, 0.1) is 0 Å². The summed E-state index contributed by atoms with van der Waals surface area (Å²) < 4.78 is 2.52. The number of nitrogens with zero attached hydrogens (tertiary/aromatic N) is 2. The second-order valence-electron chi connectivity index (χ2n) is 15.6. The second-order valence-corrected chi connectivity index (χ2v) is 16.7. The first-order valence-corrected chi connectivity index (χ1v) is 21.3. The van der Waals surface area contributed by atoms with E-state index in [-0.39, 0.29) is 0 Å². The number of fused-ring (bicyclic) bond motifs is 7. The monoisotopic (exact) mass is 780 g/mol. The van der Waals surface area contributed by atoms with E-state index in [0.717, 1.165) is 38.9 Å². The highest BCUT2D eigenvalue weighted by atomic mass is 32.1. The van der Waals surface area contributed by atoms with Crippen LogP contribution >= 0.6 is 11.3 Å². The minimum absolute atomic E-state index is 0.473. The fourth-order valence-corrected chi connectivity index (χ4v) is 11.0. The van der Waals surface area contributed by atoms with Gasteiger partial charge in [0.1, 0.15) is 0 Å². The molecule has 0 saturated heterocycles. The van der Waals surface area contributed by atoms with Gasteiger partial charge in [-0.3, -0.25) is 0 Å². The topological polar surface area (TPSA) is 25.8 Å². The lowest BCUT2D eigenvalue weighted by molar-refractivity contribution is 0.769. The molecule has 0 bridgehead atoms. The SMILES string of the molecule is c1ccc(-c2cc(-c3cccc4c3sc3ccccc34)nc(-c3ccc(-c4ccc5c(c4)C(c4ccccc4)(c4ccccc4)c4ccccc4-5)c4ccccc34)n2)cc1. The maximum Gasteiger partial charge on any atom is 0.161 e. The highest BCUT2D eigenvalue weighted by Crippen LogP contribution is 2.57. The van der Waals surface area contributed by atoms with Crippen LogP contribution in [0.2, 0.25) is 0 Å². The lowest BCUT2D eigenvalue weighted by Crippen LogP contribution is -2.28. The highest BCUT2D eigenvalue weighted by molar-refractivity contribution is 7.26. The predicted molar refractivity (Wildman–Crippen MR) is 251 cm³/mol. The van der Waals surface area contributed by atoms with E-state index in [9.17, 15) is 0 Å². The first-order chi connectivity index (χ1) is 29.8. The highest BCUT2D eigenvalue weighted by Gasteiger charge is 2.46. The van der Waals surface area contributed by atoms with E-state index >= 15 is 0 Å². The molecule has 0 radical (unpaired) electrons. The lowest BCUT2D eigenvalue weighted by Gasteiger charge is -2.34. The summed E-state index contributed by atoms with van der Waals surface area (Å²) in [7, 11) is 0. The summed E-state index contributed by atoms with van der Waals surface area (Å²) in [4.78, 5) is 10.7. The van der Waals surface area contributed by atoms with E-state index in [2.05, 4.69) is 218 Å². The Morgan fingerprint density at radius 1 is 0.333 bits per heavy atom. The van der Waals surface area contributed by atoms with Crippen LogP contribution in [-0.4, -0.2) is 9.97 Å². The number of aromatic nitrogens is 2. The van der Waals surface area contributed by atoms with E-state index in [4.69, 9.17) is 9.97 Å². The van der Waals surface area contributed by atoms with Gasteiger partial charge in [-0.1, -0.05) is 194 Å². The average molecular weight is 781 g/mol. The first-order valence-electron chi connectivity index (χ1n) is 20.5. The van der Waals surface area contributed by atoms with Crippen LogP contribution in [0.3, 0.4) is 0 Å². The molecule has 2 heterocycles. The molecule has 0 fully saturated rings. The molecule has 2 nitrogen and oxygen atoms in total. The van der Waals surface area contributed by atoms with E-state index < -0.39 is 5.41 Å². The molecule has 60 heavy (non-hydrogen) atoms. The van der Waals surface area contributed by atoms with E-state index in [1.807, 2.05) is 11.3 Å². The van der Waals surface area contributed by atoms with Gasteiger partial charge in [0.05, 0.1) is 16.8 Å². The Balaban J connectivity index is 1.06. The molecule has 9 aromatic carbocycles. The van der Waals surface area contributed by atoms with Crippen LogP contribution < -0.4 is 0 Å². The quantitative estimate of drug-likeness (QED) is 0.168. The third-order valence-corrected chi connectivity index (χ3v) is 13.6. The van der Waals surface area contributed by atoms with Gasteiger partial charge in [0, 0.05) is 36.9 Å². The van der Waals surface area contributed by atoms with Crippen molar-refractivity contribution in [2.75, 3.05) is 0 Å². The van der Waals surface area contributed by atoms with Crippen molar-refractivity contribution in [3.05, 3.63) is 241 Å².